The SMILES string of the molecule is CC(C)CNCCC(C)NC(=O)OC(C)(C)C. The molecule has 2 N–H and O–H groups in total. The van der Waals surface area contributed by atoms with Gasteiger partial charge in [-0.05, 0) is 53.1 Å². The van der Waals surface area contributed by atoms with E-state index in [0.29, 0.717) is 5.92 Å². The van der Waals surface area contributed by atoms with Crippen molar-refractivity contribution in [2.24, 2.45) is 5.92 Å². The summed E-state index contributed by atoms with van der Waals surface area (Å²) in [5.74, 6) is 0.657. The van der Waals surface area contributed by atoms with Gasteiger partial charge in [-0.25, -0.2) is 4.79 Å². The molecule has 0 aliphatic heterocycles. The fraction of sp³-hybridized carbons (Fsp3) is 0.923. The van der Waals surface area contributed by atoms with Gasteiger partial charge in [-0.15, -0.1) is 0 Å². The van der Waals surface area contributed by atoms with Crippen molar-refractivity contribution in [2.75, 3.05) is 13.1 Å². The summed E-state index contributed by atoms with van der Waals surface area (Å²) in [6.07, 6.45) is 0.570. The fourth-order valence-corrected chi connectivity index (χ4v) is 1.29. The monoisotopic (exact) mass is 244 g/mol. The van der Waals surface area contributed by atoms with Gasteiger partial charge in [0.25, 0.3) is 0 Å². The van der Waals surface area contributed by atoms with E-state index in [4.69, 9.17) is 4.74 Å². The van der Waals surface area contributed by atoms with Gasteiger partial charge in [-0.2, -0.15) is 0 Å². The van der Waals surface area contributed by atoms with Gasteiger partial charge in [0.15, 0.2) is 0 Å². The van der Waals surface area contributed by atoms with E-state index in [-0.39, 0.29) is 12.1 Å². The molecule has 0 heterocycles. The Kier molecular flexibility index (Phi) is 7.19. The molecule has 0 radical (unpaired) electrons. The third-order valence-electron chi connectivity index (χ3n) is 2.07. The molecular formula is C13H28N2O2. The Morgan fingerprint density at radius 2 is 1.82 bits per heavy atom. The predicted octanol–water partition coefficient (Wildman–Crippen LogP) is 2.54. The average molecular weight is 244 g/mol. The Bertz CT molecular complexity index is 222. The van der Waals surface area contributed by atoms with Crippen LogP contribution in [0.15, 0.2) is 0 Å². The van der Waals surface area contributed by atoms with E-state index in [1.165, 1.54) is 0 Å². The maximum absolute atomic E-state index is 11.5. The van der Waals surface area contributed by atoms with Crippen molar-refractivity contribution in [2.45, 2.75) is 59.6 Å². The summed E-state index contributed by atoms with van der Waals surface area (Å²) < 4.78 is 5.18. The van der Waals surface area contributed by atoms with Crippen LogP contribution >= 0.6 is 0 Å². The summed E-state index contributed by atoms with van der Waals surface area (Å²) in [4.78, 5) is 11.5. The number of nitrogens with one attached hydrogen (secondary N) is 2. The van der Waals surface area contributed by atoms with Crippen LogP contribution < -0.4 is 10.6 Å². The van der Waals surface area contributed by atoms with Gasteiger partial charge in [0.2, 0.25) is 0 Å². The van der Waals surface area contributed by atoms with Gasteiger partial charge in [0, 0.05) is 6.04 Å². The largest absolute Gasteiger partial charge is 0.444 e. The molecule has 0 aliphatic carbocycles. The Morgan fingerprint density at radius 1 is 1.24 bits per heavy atom. The van der Waals surface area contributed by atoms with Gasteiger partial charge in [-0.3, -0.25) is 0 Å². The summed E-state index contributed by atoms with van der Waals surface area (Å²) >= 11 is 0. The third kappa shape index (κ3) is 11.5. The summed E-state index contributed by atoms with van der Waals surface area (Å²) in [5.41, 5.74) is -0.431. The Balaban J connectivity index is 3.64. The first-order chi connectivity index (χ1) is 7.70. The Labute approximate surface area is 105 Å². The van der Waals surface area contributed by atoms with E-state index in [0.717, 1.165) is 19.5 Å². The van der Waals surface area contributed by atoms with E-state index in [9.17, 15) is 4.79 Å². The molecule has 1 amide bonds. The standard InChI is InChI=1S/C13H28N2O2/c1-10(2)9-14-8-7-11(3)15-12(16)17-13(4,5)6/h10-11,14H,7-9H2,1-6H3,(H,15,16). The molecular weight excluding hydrogens is 216 g/mol. The molecule has 0 fully saturated rings. The molecule has 1 atom stereocenters. The molecule has 0 rings (SSSR count). The highest BCUT2D eigenvalue weighted by Crippen LogP contribution is 2.06. The van der Waals surface area contributed by atoms with E-state index >= 15 is 0 Å². The van der Waals surface area contributed by atoms with Gasteiger partial charge in [0.1, 0.15) is 5.60 Å². The normalized spacial score (nSPS) is 13.6. The van der Waals surface area contributed by atoms with Gasteiger partial charge in [-0.1, -0.05) is 13.8 Å². The lowest BCUT2D eigenvalue weighted by Gasteiger charge is -2.22. The van der Waals surface area contributed by atoms with Gasteiger partial charge < -0.3 is 15.4 Å². The first-order valence-corrected chi connectivity index (χ1v) is 6.41. The van der Waals surface area contributed by atoms with Crippen molar-refractivity contribution in [3.8, 4) is 0 Å². The van der Waals surface area contributed by atoms with Gasteiger partial charge >= 0.3 is 6.09 Å². The van der Waals surface area contributed by atoms with E-state index in [1.54, 1.807) is 0 Å². The molecule has 0 aromatic heterocycles. The molecule has 4 heteroatoms. The Morgan fingerprint density at radius 3 is 2.29 bits per heavy atom. The van der Waals surface area contributed by atoms with Crippen molar-refractivity contribution in [3.05, 3.63) is 0 Å². The highest BCUT2D eigenvalue weighted by molar-refractivity contribution is 5.67. The van der Waals surface area contributed by atoms with Crippen LogP contribution in [0.25, 0.3) is 0 Å². The second-order valence-corrected chi connectivity index (χ2v) is 5.93. The van der Waals surface area contributed by atoms with Crippen LogP contribution in [0.2, 0.25) is 0 Å². The molecule has 17 heavy (non-hydrogen) atoms. The van der Waals surface area contributed by atoms with Gasteiger partial charge in [0.05, 0.1) is 0 Å². The topological polar surface area (TPSA) is 50.4 Å². The number of ether oxygens (including phenoxy) is 1. The molecule has 1 unspecified atom stereocenters. The first-order valence-electron chi connectivity index (χ1n) is 6.41. The van der Waals surface area contributed by atoms with Crippen LogP contribution in [0.1, 0.15) is 48.0 Å². The van der Waals surface area contributed by atoms with Crippen molar-refractivity contribution >= 4 is 6.09 Å². The third-order valence-corrected chi connectivity index (χ3v) is 2.07. The first kappa shape index (κ1) is 16.2. The number of rotatable bonds is 6. The highest BCUT2D eigenvalue weighted by Gasteiger charge is 2.17. The minimum Gasteiger partial charge on any atom is -0.444 e. The zero-order valence-corrected chi connectivity index (χ0v) is 12.1. The minimum atomic E-state index is -0.431. The van der Waals surface area contributed by atoms with Crippen molar-refractivity contribution < 1.29 is 9.53 Å². The van der Waals surface area contributed by atoms with Crippen LogP contribution in [-0.4, -0.2) is 30.8 Å². The molecule has 0 aromatic rings. The fourth-order valence-electron chi connectivity index (χ4n) is 1.29. The van der Waals surface area contributed by atoms with E-state index < -0.39 is 5.60 Å². The van der Waals surface area contributed by atoms with E-state index in [2.05, 4.69) is 24.5 Å². The average Bonchev–Trinajstić information content (AvgIpc) is 2.08. The van der Waals surface area contributed by atoms with Crippen LogP contribution in [-0.2, 0) is 4.74 Å². The lowest BCUT2D eigenvalue weighted by Crippen LogP contribution is -2.39. The minimum absolute atomic E-state index is 0.129. The second-order valence-electron chi connectivity index (χ2n) is 5.93. The molecule has 0 aromatic carbocycles. The zero-order chi connectivity index (χ0) is 13.5. The van der Waals surface area contributed by atoms with Crippen LogP contribution in [0, 0.1) is 5.92 Å². The number of hydrogen-bond acceptors (Lipinski definition) is 3. The smallest absolute Gasteiger partial charge is 0.407 e. The number of hydrogen-bond donors (Lipinski definition) is 2. The number of carbonyl (C=O) groups excluding carboxylic acids is 1. The number of carbonyl (C=O) groups is 1. The highest BCUT2D eigenvalue weighted by atomic mass is 16.6. The summed E-state index contributed by atoms with van der Waals surface area (Å²) in [7, 11) is 0. The predicted molar refractivity (Wildman–Crippen MR) is 71.2 cm³/mol. The second kappa shape index (κ2) is 7.54. The van der Waals surface area contributed by atoms with Crippen molar-refractivity contribution in [1.82, 2.24) is 10.6 Å². The zero-order valence-electron chi connectivity index (χ0n) is 12.1. The quantitative estimate of drug-likeness (QED) is 0.706. The summed E-state index contributed by atoms with van der Waals surface area (Å²) in [6, 6.07) is 0.129. The lowest BCUT2D eigenvalue weighted by atomic mass is 10.2. The molecule has 0 aliphatic rings. The maximum atomic E-state index is 11.5. The maximum Gasteiger partial charge on any atom is 0.407 e. The van der Waals surface area contributed by atoms with E-state index in [1.807, 2.05) is 27.7 Å². The van der Waals surface area contributed by atoms with Crippen LogP contribution in [0.4, 0.5) is 4.79 Å². The number of alkyl carbamates (subject to hydrolysis) is 1. The van der Waals surface area contributed by atoms with Crippen LogP contribution in [0.5, 0.6) is 0 Å². The summed E-state index contributed by atoms with van der Waals surface area (Å²) in [6.45, 7) is 13.9. The summed E-state index contributed by atoms with van der Waals surface area (Å²) in [5, 5.41) is 6.17. The molecule has 0 saturated heterocycles. The van der Waals surface area contributed by atoms with Crippen molar-refractivity contribution in [1.29, 1.82) is 0 Å². The Hall–Kier alpha value is -0.770. The van der Waals surface area contributed by atoms with Crippen molar-refractivity contribution in [3.63, 3.8) is 0 Å². The molecule has 0 saturated carbocycles. The molecule has 0 spiro atoms. The molecule has 4 nitrogen and oxygen atoms in total. The molecule has 0 bridgehead atoms. The molecule has 102 valence electrons. The number of amides is 1. The lowest BCUT2D eigenvalue weighted by molar-refractivity contribution is 0.0506. The van der Waals surface area contributed by atoms with Crippen LogP contribution in [0.3, 0.4) is 0 Å².